The Balaban J connectivity index is 2.24. The predicted octanol–water partition coefficient (Wildman–Crippen LogP) is 3.15. The highest BCUT2D eigenvalue weighted by molar-refractivity contribution is 7.16. The summed E-state index contributed by atoms with van der Waals surface area (Å²) in [7, 11) is 1.52. The van der Waals surface area contributed by atoms with Gasteiger partial charge in [-0.2, -0.15) is 0 Å². The monoisotopic (exact) mass is 308 g/mol. The molecule has 0 saturated heterocycles. The Hall–Kier alpha value is -1.82. The zero-order valence-corrected chi connectivity index (χ0v) is 12.5. The van der Waals surface area contributed by atoms with Crippen LogP contribution in [0.3, 0.4) is 0 Å². The molecule has 112 valence electrons. The molecule has 1 aliphatic carbocycles. The molecular formula is C15H16O5S. The fraction of sp³-hybridized carbons (Fsp3) is 0.467. The predicted molar refractivity (Wildman–Crippen MR) is 79.3 cm³/mol. The van der Waals surface area contributed by atoms with Crippen molar-refractivity contribution in [1.82, 2.24) is 0 Å². The van der Waals surface area contributed by atoms with E-state index in [0.717, 1.165) is 30.6 Å². The zero-order valence-electron chi connectivity index (χ0n) is 11.7. The third kappa shape index (κ3) is 2.23. The van der Waals surface area contributed by atoms with Crippen LogP contribution >= 0.6 is 11.3 Å². The van der Waals surface area contributed by atoms with Gasteiger partial charge in [0.05, 0.1) is 17.2 Å². The molecule has 3 rings (SSSR count). The molecule has 1 heterocycles. The van der Waals surface area contributed by atoms with Crippen molar-refractivity contribution < 1.29 is 19.1 Å². The van der Waals surface area contributed by atoms with Crippen LogP contribution in [0.2, 0.25) is 0 Å². The average molecular weight is 308 g/mol. The lowest BCUT2D eigenvalue weighted by Gasteiger charge is -2.34. The highest BCUT2D eigenvalue weighted by atomic mass is 32.1. The van der Waals surface area contributed by atoms with Gasteiger partial charge in [-0.1, -0.05) is 30.6 Å². The van der Waals surface area contributed by atoms with Crippen molar-refractivity contribution in [3.8, 4) is 5.75 Å². The third-order valence-corrected chi connectivity index (χ3v) is 5.07. The van der Waals surface area contributed by atoms with Crippen molar-refractivity contribution >= 4 is 27.6 Å². The van der Waals surface area contributed by atoms with E-state index in [2.05, 4.69) is 0 Å². The van der Waals surface area contributed by atoms with Crippen LogP contribution in [0.4, 0.5) is 0 Å². The summed E-state index contributed by atoms with van der Waals surface area (Å²) < 4.78 is 11.2. The summed E-state index contributed by atoms with van der Waals surface area (Å²) in [5, 5.41) is 9.79. The minimum Gasteiger partial charge on any atom is -0.496 e. The molecule has 0 spiro atoms. The van der Waals surface area contributed by atoms with E-state index in [1.807, 2.05) is 0 Å². The van der Waals surface area contributed by atoms with E-state index < -0.39 is 16.3 Å². The van der Waals surface area contributed by atoms with E-state index in [9.17, 15) is 14.7 Å². The third-order valence-electron chi connectivity index (χ3n) is 4.28. The fourth-order valence-corrected chi connectivity index (χ4v) is 3.88. The van der Waals surface area contributed by atoms with Crippen LogP contribution in [0.5, 0.6) is 5.75 Å². The number of carbonyl (C=O) groups is 1. The largest absolute Gasteiger partial charge is 0.496 e. The molecule has 1 fully saturated rings. The molecule has 2 aromatic rings. The van der Waals surface area contributed by atoms with Crippen LogP contribution in [-0.2, 0) is 10.2 Å². The number of carboxylic acid groups (broad SMARTS) is 1. The topological polar surface area (TPSA) is 76.7 Å². The standard InChI is InChI=1S/C15H16O5S/c1-19-10-8-12-11(20-14(18)21-12)7-9(10)15(13(16)17)5-3-2-4-6-15/h7-8H,2-6H2,1H3,(H,16,17). The summed E-state index contributed by atoms with van der Waals surface area (Å²) in [5.74, 6) is -0.318. The number of methoxy groups -OCH3 is 1. The van der Waals surface area contributed by atoms with Gasteiger partial charge in [-0.15, -0.1) is 0 Å². The van der Waals surface area contributed by atoms with Gasteiger partial charge in [0.1, 0.15) is 11.3 Å². The second kappa shape index (κ2) is 5.18. The van der Waals surface area contributed by atoms with Crippen LogP contribution < -0.4 is 9.68 Å². The lowest BCUT2D eigenvalue weighted by atomic mass is 9.69. The molecule has 0 atom stereocenters. The molecule has 21 heavy (non-hydrogen) atoms. The van der Waals surface area contributed by atoms with E-state index in [-0.39, 0.29) is 0 Å². The molecule has 1 aliphatic rings. The molecule has 0 amide bonds. The van der Waals surface area contributed by atoms with E-state index >= 15 is 0 Å². The molecular weight excluding hydrogens is 292 g/mol. The van der Waals surface area contributed by atoms with Gasteiger partial charge in [0.25, 0.3) is 0 Å². The van der Waals surface area contributed by atoms with Crippen LogP contribution in [0.1, 0.15) is 37.7 Å². The van der Waals surface area contributed by atoms with Crippen molar-refractivity contribution in [2.75, 3.05) is 7.11 Å². The number of rotatable bonds is 3. The highest BCUT2D eigenvalue weighted by Gasteiger charge is 2.43. The van der Waals surface area contributed by atoms with E-state index in [1.165, 1.54) is 7.11 Å². The summed E-state index contributed by atoms with van der Waals surface area (Å²) in [6.07, 6.45) is 3.96. The molecule has 5 nitrogen and oxygen atoms in total. The van der Waals surface area contributed by atoms with Gasteiger partial charge in [0.2, 0.25) is 0 Å². The van der Waals surface area contributed by atoms with E-state index in [1.54, 1.807) is 12.1 Å². The summed E-state index contributed by atoms with van der Waals surface area (Å²) in [4.78, 5) is 22.9. The molecule has 0 bridgehead atoms. The molecule has 0 aliphatic heterocycles. The lowest BCUT2D eigenvalue weighted by Crippen LogP contribution is -2.38. The first-order valence-electron chi connectivity index (χ1n) is 6.92. The first-order chi connectivity index (χ1) is 10.1. The molecule has 6 heteroatoms. The van der Waals surface area contributed by atoms with E-state index in [0.29, 0.717) is 34.4 Å². The molecule has 1 aromatic heterocycles. The quantitative estimate of drug-likeness (QED) is 0.942. The summed E-state index contributed by atoms with van der Waals surface area (Å²) >= 11 is 0.995. The summed E-state index contributed by atoms with van der Waals surface area (Å²) in [6, 6.07) is 3.38. The van der Waals surface area contributed by atoms with Crippen molar-refractivity contribution in [3.05, 3.63) is 27.4 Å². The van der Waals surface area contributed by atoms with Crippen molar-refractivity contribution in [1.29, 1.82) is 0 Å². The lowest BCUT2D eigenvalue weighted by molar-refractivity contribution is -0.145. The zero-order chi connectivity index (χ0) is 15.0. The number of fused-ring (bicyclic) bond motifs is 1. The van der Waals surface area contributed by atoms with Crippen LogP contribution in [0.25, 0.3) is 10.3 Å². The molecule has 0 radical (unpaired) electrons. The number of aliphatic carboxylic acids is 1. The van der Waals surface area contributed by atoms with Crippen molar-refractivity contribution in [3.63, 3.8) is 0 Å². The van der Waals surface area contributed by atoms with Gasteiger partial charge in [0, 0.05) is 11.6 Å². The van der Waals surface area contributed by atoms with Crippen molar-refractivity contribution in [2.45, 2.75) is 37.5 Å². The summed E-state index contributed by atoms with van der Waals surface area (Å²) in [5.41, 5.74) is 0.108. The molecule has 0 unspecified atom stereocenters. The van der Waals surface area contributed by atoms with Gasteiger partial charge in [0.15, 0.2) is 0 Å². The maximum absolute atomic E-state index is 11.9. The van der Waals surface area contributed by atoms with Crippen LogP contribution in [0.15, 0.2) is 21.3 Å². The highest BCUT2D eigenvalue weighted by Crippen LogP contribution is 2.45. The van der Waals surface area contributed by atoms with E-state index in [4.69, 9.17) is 9.15 Å². The van der Waals surface area contributed by atoms with Crippen LogP contribution in [0, 0.1) is 0 Å². The van der Waals surface area contributed by atoms with Gasteiger partial charge < -0.3 is 14.3 Å². The SMILES string of the molecule is COc1cc2sc(=O)oc2cc1C1(C(=O)O)CCCCC1. The van der Waals surface area contributed by atoms with Gasteiger partial charge in [-0.3, -0.25) is 4.79 Å². The van der Waals surface area contributed by atoms with Gasteiger partial charge in [-0.25, -0.2) is 4.79 Å². The van der Waals surface area contributed by atoms with Gasteiger partial charge >= 0.3 is 10.9 Å². The normalized spacial score (nSPS) is 17.8. The Kier molecular flexibility index (Phi) is 3.49. The first-order valence-corrected chi connectivity index (χ1v) is 7.74. The van der Waals surface area contributed by atoms with Crippen LogP contribution in [-0.4, -0.2) is 18.2 Å². The Bertz CT molecular complexity index is 736. The Labute approximate surface area is 125 Å². The number of hydrogen-bond acceptors (Lipinski definition) is 5. The first kappa shape index (κ1) is 14.1. The molecule has 1 N–H and O–H groups in total. The number of benzene rings is 1. The minimum absolute atomic E-state index is 0.391. The molecule has 1 saturated carbocycles. The second-order valence-corrected chi connectivity index (χ2v) is 6.38. The van der Waals surface area contributed by atoms with Crippen molar-refractivity contribution in [2.24, 2.45) is 0 Å². The number of hydrogen-bond donors (Lipinski definition) is 1. The second-order valence-electron chi connectivity index (χ2n) is 5.40. The smallest absolute Gasteiger partial charge is 0.396 e. The Morgan fingerprint density at radius 3 is 2.67 bits per heavy atom. The summed E-state index contributed by atoms with van der Waals surface area (Å²) in [6.45, 7) is 0. The number of carboxylic acids is 1. The maximum Gasteiger partial charge on any atom is 0.396 e. The fourth-order valence-electron chi connectivity index (χ4n) is 3.20. The molecule has 1 aromatic carbocycles. The Morgan fingerprint density at radius 2 is 2.05 bits per heavy atom. The van der Waals surface area contributed by atoms with Gasteiger partial charge in [-0.05, 0) is 18.9 Å². The Morgan fingerprint density at radius 1 is 1.33 bits per heavy atom. The average Bonchev–Trinajstić information content (AvgIpc) is 2.85. The minimum atomic E-state index is -0.946. The maximum atomic E-state index is 11.9. The number of ether oxygens (including phenoxy) is 1.